The molecule has 0 bridgehead atoms. The molecule has 7 nitrogen and oxygen atoms in total. The lowest BCUT2D eigenvalue weighted by Crippen LogP contribution is -2.42. The smallest absolute Gasteiger partial charge is 0.330 e. The molecule has 1 aliphatic rings. The molecular weight excluding hydrogens is 344 g/mol. The molecule has 1 aliphatic carbocycles. The van der Waals surface area contributed by atoms with Crippen LogP contribution in [0, 0.1) is 5.92 Å². The van der Waals surface area contributed by atoms with E-state index in [2.05, 4.69) is 24.1 Å². The molecule has 1 aromatic heterocycles. The van der Waals surface area contributed by atoms with Crippen molar-refractivity contribution in [3.63, 3.8) is 0 Å². The van der Waals surface area contributed by atoms with Gasteiger partial charge in [-0.1, -0.05) is 45.3 Å². The van der Waals surface area contributed by atoms with Crippen molar-refractivity contribution < 1.29 is 4.79 Å². The highest BCUT2D eigenvalue weighted by atomic mass is 16.2. The van der Waals surface area contributed by atoms with Gasteiger partial charge in [0.2, 0.25) is 5.91 Å². The zero-order chi connectivity index (χ0) is 19.8. The largest absolute Gasteiger partial charge is 0.383 e. The number of nitrogens with zero attached hydrogens (tertiary/aromatic N) is 2. The van der Waals surface area contributed by atoms with Crippen LogP contribution in [0.2, 0.25) is 0 Å². The van der Waals surface area contributed by atoms with Crippen LogP contribution in [0.3, 0.4) is 0 Å². The lowest BCUT2D eigenvalue weighted by atomic mass is 10.0. The van der Waals surface area contributed by atoms with Gasteiger partial charge in [0.1, 0.15) is 5.82 Å². The molecule has 0 saturated heterocycles. The molecule has 27 heavy (non-hydrogen) atoms. The number of rotatable bonds is 10. The highest BCUT2D eigenvalue weighted by Crippen LogP contribution is 2.24. The number of amides is 1. The number of nitrogen functional groups attached to an aromatic ring is 1. The Morgan fingerprint density at radius 3 is 2.63 bits per heavy atom. The highest BCUT2D eigenvalue weighted by molar-refractivity contribution is 5.95. The molecule has 1 amide bonds. The summed E-state index contributed by atoms with van der Waals surface area (Å²) in [6.45, 7) is 4.96. The zero-order valence-corrected chi connectivity index (χ0v) is 16.5. The number of anilines is 2. The van der Waals surface area contributed by atoms with Gasteiger partial charge in [0.05, 0.1) is 0 Å². The Hall–Kier alpha value is -2.31. The first-order valence-electron chi connectivity index (χ1n) is 10.1. The molecule has 1 aromatic rings. The predicted octanol–water partition coefficient (Wildman–Crippen LogP) is 2.80. The van der Waals surface area contributed by atoms with E-state index in [0.717, 1.165) is 44.9 Å². The number of H-pyrrole nitrogens is 1. The summed E-state index contributed by atoms with van der Waals surface area (Å²) in [5, 5.41) is 0. The first-order valence-corrected chi connectivity index (χ1v) is 10.1. The lowest BCUT2D eigenvalue weighted by molar-refractivity contribution is -0.119. The van der Waals surface area contributed by atoms with E-state index in [4.69, 9.17) is 5.73 Å². The number of hydrogen-bond acceptors (Lipinski definition) is 4. The molecule has 1 heterocycles. The molecule has 0 saturated carbocycles. The van der Waals surface area contributed by atoms with Crippen LogP contribution in [0.5, 0.6) is 0 Å². The van der Waals surface area contributed by atoms with Gasteiger partial charge in [-0.05, 0) is 31.6 Å². The van der Waals surface area contributed by atoms with Crippen molar-refractivity contribution in [2.24, 2.45) is 5.92 Å². The van der Waals surface area contributed by atoms with Gasteiger partial charge in [0.15, 0.2) is 5.69 Å². The average Bonchev–Trinajstić information content (AvgIpc) is 3.13. The van der Waals surface area contributed by atoms with Crippen molar-refractivity contribution in [1.29, 1.82) is 0 Å². The standard InChI is InChI=1S/C20H32N4O3/c1-3-5-9-13-23(16(25)14-15-10-7-8-11-15)17-18(21)24(12-6-4-2)20(27)22-19(17)26/h7,10,15H,3-6,8-9,11-14,21H2,1-2H3,(H,22,26,27). The number of unbranched alkanes of at least 4 members (excludes halogenated alkanes) is 3. The quantitative estimate of drug-likeness (QED) is 0.484. The van der Waals surface area contributed by atoms with Gasteiger partial charge in [-0.25, -0.2) is 4.79 Å². The predicted molar refractivity (Wildman–Crippen MR) is 109 cm³/mol. The Morgan fingerprint density at radius 2 is 2.00 bits per heavy atom. The second-order valence-corrected chi connectivity index (χ2v) is 7.22. The van der Waals surface area contributed by atoms with Crippen molar-refractivity contribution >= 4 is 17.4 Å². The van der Waals surface area contributed by atoms with Crippen molar-refractivity contribution in [1.82, 2.24) is 9.55 Å². The zero-order valence-electron chi connectivity index (χ0n) is 16.5. The Labute approximate surface area is 160 Å². The van der Waals surface area contributed by atoms with Crippen LogP contribution in [0.4, 0.5) is 11.5 Å². The fourth-order valence-corrected chi connectivity index (χ4v) is 3.46. The topological polar surface area (TPSA) is 101 Å². The highest BCUT2D eigenvalue weighted by Gasteiger charge is 2.26. The fraction of sp³-hybridized carbons (Fsp3) is 0.650. The molecule has 1 unspecified atom stereocenters. The van der Waals surface area contributed by atoms with E-state index < -0.39 is 11.2 Å². The average molecular weight is 377 g/mol. The van der Waals surface area contributed by atoms with Gasteiger partial charge in [-0.2, -0.15) is 0 Å². The number of carbonyl (C=O) groups excluding carboxylic acids is 1. The molecule has 7 heteroatoms. The molecular formula is C20H32N4O3. The van der Waals surface area contributed by atoms with Crippen LogP contribution in [0.1, 0.15) is 65.2 Å². The van der Waals surface area contributed by atoms with Crippen molar-refractivity contribution in [2.45, 2.75) is 71.8 Å². The van der Waals surface area contributed by atoms with Crippen LogP contribution >= 0.6 is 0 Å². The maximum Gasteiger partial charge on any atom is 0.330 e. The van der Waals surface area contributed by atoms with Crippen molar-refractivity contribution in [3.05, 3.63) is 33.0 Å². The maximum absolute atomic E-state index is 13.0. The summed E-state index contributed by atoms with van der Waals surface area (Å²) in [5.41, 5.74) is 5.23. The second-order valence-electron chi connectivity index (χ2n) is 7.22. The molecule has 150 valence electrons. The van der Waals surface area contributed by atoms with E-state index in [-0.39, 0.29) is 23.3 Å². The van der Waals surface area contributed by atoms with Crippen LogP contribution in [-0.2, 0) is 11.3 Å². The van der Waals surface area contributed by atoms with Gasteiger partial charge in [-0.15, -0.1) is 0 Å². The van der Waals surface area contributed by atoms with Gasteiger partial charge >= 0.3 is 5.69 Å². The van der Waals surface area contributed by atoms with E-state index in [0.29, 0.717) is 19.5 Å². The number of hydrogen-bond donors (Lipinski definition) is 2. The lowest BCUT2D eigenvalue weighted by Gasteiger charge is -2.25. The summed E-state index contributed by atoms with van der Waals surface area (Å²) in [7, 11) is 0. The number of aromatic amines is 1. The Morgan fingerprint density at radius 1 is 1.26 bits per heavy atom. The summed E-state index contributed by atoms with van der Waals surface area (Å²) in [4.78, 5) is 41.6. The summed E-state index contributed by atoms with van der Waals surface area (Å²) in [5.74, 6) is 0.182. The molecule has 1 atom stereocenters. The Balaban J connectivity index is 2.37. The molecule has 0 fully saturated rings. The second kappa shape index (κ2) is 10.1. The van der Waals surface area contributed by atoms with E-state index >= 15 is 0 Å². The monoisotopic (exact) mass is 376 g/mol. The Kier molecular flexibility index (Phi) is 7.88. The van der Waals surface area contributed by atoms with E-state index in [1.165, 1.54) is 9.47 Å². The van der Waals surface area contributed by atoms with Gasteiger partial charge < -0.3 is 10.6 Å². The normalized spacial score (nSPS) is 16.0. The number of allylic oxidation sites excluding steroid dienone is 2. The molecule has 0 aromatic carbocycles. The molecule has 3 N–H and O–H groups in total. The van der Waals surface area contributed by atoms with Crippen LogP contribution < -0.4 is 21.9 Å². The minimum Gasteiger partial charge on any atom is -0.383 e. The molecule has 0 radical (unpaired) electrons. The fourth-order valence-electron chi connectivity index (χ4n) is 3.46. The van der Waals surface area contributed by atoms with E-state index in [1.807, 2.05) is 6.92 Å². The first-order chi connectivity index (χ1) is 13.0. The molecule has 2 rings (SSSR count). The number of nitrogens with two attached hydrogens (primary N) is 1. The van der Waals surface area contributed by atoms with Gasteiger partial charge in [0, 0.05) is 19.5 Å². The number of carbonyl (C=O) groups is 1. The van der Waals surface area contributed by atoms with Gasteiger partial charge in [-0.3, -0.25) is 19.1 Å². The number of nitrogens with one attached hydrogen (secondary N) is 1. The van der Waals surface area contributed by atoms with E-state index in [1.54, 1.807) is 0 Å². The van der Waals surface area contributed by atoms with Gasteiger partial charge in [0.25, 0.3) is 5.56 Å². The SMILES string of the molecule is CCCCCN(C(=O)CC1C=CCC1)c1c(N)n(CCCC)c(=O)[nH]c1=O. The van der Waals surface area contributed by atoms with Crippen molar-refractivity contribution in [2.75, 3.05) is 17.2 Å². The maximum atomic E-state index is 13.0. The van der Waals surface area contributed by atoms with Crippen LogP contribution in [-0.4, -0.2) is 22.0 Å². The minimum absolute atomic E-state index is 0.0870. The number of aromatic nitrogens is 2. The summed E-state index contributed by atoms with van der Waals surface area (Å²) in [6, 6.07) is 0. The molecule has 0 spiro atoms. The van der Waals surface area contributed by atoms with Crippen molar-refractivity contribution in [3.8, 4) is 0 Å². The minimum atomic E-state index is -0.586. The summed E-state index contributed by atoms with van der Waals surface area (Å²) < 4.78 is 1.37. The van der Waals surface area contributed by atoms with E-state index in [9.17, 15) is 14.4 Å². The Bertz CT molecular complexity index is 778. The summed E-state index contributed by atoms with van der Waals surface area (Å²) in [6.07, 6.45) is 10.9. The first kappa shape index (κ1) is 21.0. The third-order valence-electron chi connectivity index (χ3n) is 5.05. The molecule has 0 aliphatic heterocycles. The van der Waals surface area contributed by atoms with Crippen LogP contribution in [0.25, 0.3) is 0 Å². The van der Waals surface area contributed by atoms with Crippen LogP contribution in [0.15, 0.2) is 21.7 Å². The third-order valence-corrected chi connectivity index (χ3v) is 5.05. The third kappa shape index (κ3) is 5.34. The summed E-state index contributed by atoms with van der Waals surface area (Å²) >= 11 is 0.